The van der Waals surface area contributed by atoms with Crippen molar-refractivity contribution in [1.82, 2.24) is 5.32 Å². The number of rotatable bonds is 4. The third-order valence-electron chi connectivity index (χ3n) is 1.06. The van der Waals surface area contributed by atoms with Gasteiger partial charge in [-0.15, -0.1) is 12.4 Å². The molecule has 0 saturated heterocycles. The van der Waals surface area contributed by atoms with Crippen molar-refractivity contribution in [3.63, 3.8) is 0 Å². The van der Waals surface area contributed by atoms with Gasteiger partial charge in [0.2, 0.25) is 0 Å². The minimum atomic E-state index is 0. The van der Waals surface area contributed by atoms with Crippen LogP contribution in [0.2, 0.25) is 0 Å². The summed E-state index contributed by atoms with van der Waals surface area (Å²) in [5.74, 6) is 0. The Bertz CT molecular complexity index is 138. The first-order valence-electron chi connectivity index (χ1n) is 3.48. The molecule has 0 saturated carbocycles. The molecule has 0 aromatic heterocycles. The minimum absolute atomic E-state index is 0. The molecule has 0 atom stereocenters. The molecule has 0 aliphatic heterocycles. The van der Waals surface area contributed by atoms with Crippen molar-refractivity contribution in [3.8, 4) is 0 Å². The van der Waals surface area contributed by atoms with E-state index < -0.39 is 0 Å². The van der Waals surface area contributed by atoms with Crippen molar-refractivity contribution in [1.29, 1.82) is 0 Å². The van der Waals surface area contributed by atoms with Crippen LogP contribution >= 0.6 is 35.6 Å². The molecule has 0 aliphatic rings. The standard InChI is InChI=1S/C8H13Cl2N.ClH/c1-7(9)3-5-11-6-4-8(2)10;/h3-4,11H,5-6H2,1-2H3;1H. The lowest BCUT2D eigenvalue weighted by molar-refractivity contribution is 0.839. The van der Waals surface area contributed by atoms with E-state index >= 15 is 0 Å². The molecule has 0 heterocycles. The monoisotopic (exact) mass is 229 g/mol. The predicted molar refractivity (Wildman–Crippen MR) is 59.3 cm³/mol. The van der Waals surface area contributed by atoms with Gasteiger partial charge in [0.05, 0.1) is 0 Å². The lowest BCUT2D eigenvalue weighted by atomic mass is 10.4. The normalized spacial score (nSPS) is 12.7. The largest absolute Gasteiger partial charge is 0.310 e. The first-order valence-corrected chi connectivity index (χ1v) is 4.23. The van der Waals surface area contributed by atoms with Gasteiger partial charge in [0.25, 0.3) is 0 Å². The molecule has 0 aliphatic carbocycles. The summed E-state index contributed by atoms with van der Waals surface area (Å²) >= 11 is 11.2. The maximum atomic E-state index is 5.60. The third-order valence-corrected chi connectivity index (χ3v) is 1.36. The van der Waals surface area contributed by atoms with Crippen molar-refractivity contribution < 1.29 is 0 Å². The molecule has 4 heteroatoms. The topological polar surface area (TPSA) is 12.0 Å². The summed E-state index contributed by atoms with van der Waals surface area (Å²) in [7, 11) is 0. The first-order chi connectivity index (χ1) is 5.13. The molecular weight excluding hydrogens is 216 g/mol. The van der Waals surface area contributed by atoms with Gasteiger partial charge in [-0.2, -0.15) is 0 Å². The van der Waals surface area contributed by atoms with E-state index in [2.05, 4.69) is 5.32 Å². The maximum absolute atomic E-state index is 5.60. The van der Waals surface area contributed by atoms with Gasteiger partial charge in [0, 0.05) is 23.2 Å². The lowest BCUT2D eigenvalue weighted by Gasteiger charge is -1.95. The Morgan fingerprint density at radius 2 is 1.42 bits per heavy atom. The van der Waals surface area contributed by atoms with E-state index in [9.17, 15) is 0 Å². The fraction of sp³-hybridized carbons (Fsp3) is 0.500. The zero-order valence-corrected chi connectivity index (χ0v) is 9.56. The van der Waals surface area contributed by atoms with Gasteiger partial charge in [-0.25, -0.2) is 0 Å². The van der Waals surface area contributed by atoms with Crippen LogP contribution in [-0.2, 0) is 0 Å². The molecule has 1 nitrogen and oxygen atoms in total. The second-order valence-corrected chi connectivity index (χ2v) is 3.43. The van der Waals surface area contributed by atoms with Crippen LogP contribution in [0, 0.1) is 0 Å². The van der Waals surface area contributed by atoms with Crippen LogP contribution in [0.3, 0.4) is 0 Å². The highest BCUT2D eigenvalue weighted by Gasteiger charge is 1.82. The fourth-order valence-corrected chi connectivity index (χ4v) is 0.663. The zero-order chi connectivity index (χ0) is 8.69. The Morgan fingerprint density at radius 3 is 1.67 bits per heavy atom. The lowest BCUT2D eigenvalue weighted by Crippen LogP contribution is -2.13. The van der Waals surface area contributed by atoms with E-state index in [-0.39, 0.29) is 12.4 Å². The molecule has 0 amide bonds. The summed E-state index contributed by atoms with van der Waals surface area (Å²) < 4.78 is 0. The van der Waals surface area contributed by atoms with Crippen LogP contribution in [0.4, 0.5) is 0 Å². The van der Waals surface area contributed by atoms with E-state index in [0.29, 0.717) is 0 Å². The van der Waals surface area contributed by atoms with Crippen molar-refractivity contribution in [2.24, 2.45) is 0 Å². The van der Waals surface area contributed by atoms with Gasteiger partial charge in [-0.05, 0) is 13.8 Å². The molecule has 0 spiro atoms. The van der Waals surface area contributed by atoms with E-state index in [1.54, 1.807) is 0 Å². The van der Waals surface area contributed by atoms with Crippen molar-refractivity contribution >= 4 is 35.6 Å². The van der Waals surface area contributed by atoms with Crippen LogP contribution in [0.5, 0.6) is 0 Å². The number of allylic oxidation sites excluding steroid dienone is 2. The van der Waals surface area contributed by atoms with Crippen LogP contribution in [0.25, 0.3) is 0 Å². The van der Waals surface area contributed by atoms with Crippen molar-refractivity contribution in [2.75, 3.05) is 13.1 Å². The first kappa shape index (κ1) is 14.8. The predicted octanol–water partition coefficient (Wildman–Crippen LogP) is 3.28. The molecule has 0 unspecified atom stereocenters. The summed E-state index contributed by atoms with van der Waals surface area (Å²) in [5, 5.41) is 4.75. The summed E-state index contributed by atoms with van der Waals surface area (Å²) in [4.78, 5) is 0. The second kappa shape index (κ2) is 9.40. The van der Waals surface area contributed by atoms with E-state index in [4.69, 9.17) is 23.2 Å². The minimum Gasteiger partial charge on any atom is -0.310 e. The summed E-state index contributed by atoms with van der Waals surface area (Å²) in [6.07, 6.45) is 3.83. The molecule has 0 bridgehead atoms. The van der Waals surface area contributed by atoms with Crippen molar-refractivity contribution in [3.05, 3.63) is 22.2 Å². The SMILES string of the molecule is CC(Cl)=CCNCC=C(C)Cl.Cl. The summed E-state index contributed by atoms with van der Waals surface area (Å²) in [5.41, 5.74) is 0. The highest BCUT2D eigenvalue weighted by Crippen LogP contribution is 1.96. The Balaban J connectivity index is 0. The fourth-order valence-electron chi connectivity index (χ4n) is 0.509. The van der Waals surface area contributed by atoms with Crippen LogP contribution < -0.4 is 5.32 Å². The van der Waals surface area contributed by atoms with Crippen LogP contribution in [0.1, 0.15) is 13.8 Å². The van der Waals surface area contributed by atoms with Gasteiger partial charge < -0.3 is 5.32 Å². The van der Waals surface area contributed by atoms with E-state index in [1.165, 1.54) is 0 Å². The molecular formula is C8H14Cl3N. The Labute approximate surface area is 90.2 Å². The van der Waals surface area contributed by atoms with Crippen LogP contribution in [-0.4, -0.2) is 13.1 Å². The average molecular weight is 231 g/mol. The van der Waals surface area contributed by atoms with E-state index in [0.717, 1.165) is 23.2 Å². The Morgan fingerprint density at radius 1 is 1.08 bits per heavy atom. The molecule has 0 fully saturated rings. The third kappa shape index (κ3) is 12.9. The van der Waals surface area contributed by atoms with Crippen LogP contribution in [0.15, 0.2) is 22.2 Å². The second-order valence-electron chi connectivity index (χ2n) is 2.24. The molecule has 0 radical (unpaired) electrons. The van der Waals surface area contributed by atoms with Gasteiger partial charge >= 0.3 is 0 Å². The van der Waals surface area contributed by atoms with Gasteiger partial charge in [-0.3, -0.25) is 0 Å². The number of hydrogen-bond acceptors (Lipinski definition) is 1. The number of nitrogens with one attached hydrogen (secondary N) is 1. The highest BCUT2D eigenvalue weighted by molar-refractivity contribution is 6.29. The quantitative estimate of drug-likeness (QED) is 0.731. The molecule has 72 valence electrons. The van der Waals surface area contributed by atoms with Gasteiger partial charge in [0.15, 0.2) is 0 Å². The number of halogens is 3. The van der Waals surface area contributed by atoms with E-state index in [1.807, 2.05) is 26.0 Å². The molecule has 1 N–H and O–H groups in total. The zero-order valence-electron chi connectivity index (χ0n) is 7.23. The molecule has 0 aromatic carbocycles. The summed E-state index contributed by atoms with van der Waals surface area (Å²) in [6, 6.07) is 0. The molecule has 0 rings (SSSR count). The van der Waals surface area contributed by atoms with Gasteiger partial charge in [0.1, 0.15) is 0 Å². The Kier molecular flexibility index (Phi) is 11.6. The van der Waals surface area contributed by atoms with Gasteiger partial charge in [-0.1, -0.05) is 35.4 Å². The summed E-state index contributed by atoms with van der Waals surface area (Å²) in [6.45, 7) is 5.28. The highest BCUT2D eigenvalue weighted by atomic mass is 35.5. The molecule has 12 heavy (non-hydrogen) atoms. The maximum Gasteiger partial charge on any atom is 0.0152 e. The smallest absolute Gasteiger partial charge is 0.0152 e. The Hall–Kier alpha value is 0.310. The van der Waals surface area contributed by atoms with Crippen molar-refractivity contribution in [2.45, 2.75) is 13.8 Å². The molecule has 0 aromatic rings. The number of hydrogen-bond donors (Lipinski definition) is 1. The average Bonchev–Trinajstić information content (AvgIpc) is 1.85.